The third-order valence-electron chi connectivity index (χ3n) is 4.31. The first-order valence-corrected chi connectivity index (χ1v) is 7.63. The van der Waals surface area contributed by atoms with E-state index >= 15 is 0 Å². The van der Waals surface area contributed by atoms with Crippen LogP contribution in [0.25, 0.3) is 0 Å². The van der Waals surface area contributed by atoms with Crippen LogP contribution in [-0.4, -0.2) is 24.2 Å². The van der Waals surface area contributed by atoms with Gasteiger partial charge in [0.2, 0.25) is 0 Å². The maximum atomic E-state index is 11.7. The second-order valence-corrected chi connectivity index (χ2v) is 6.12. The van der Waals surface area contributed by atoms with Gasteiger partial charge < -0.3 is 10.0 Å². The molecule has 20 heavy (non-hydrogen) atoms. The molecule has 2 rings (SSSR count). The molecule has 0 saturated heterocycles. The van der Waals surface area contributed by atoms with Crippen molar-refractivity contribution in [3.63, 3.8) is 0 Å². The van der Waals surface area contributed by atoms with Crippen molar-refractivity contribution in [2.45, 2.75) is 46.0 Å². The second-order valence-electron chi connectivity index (χ2n) is 6.12. The minimum atomic E-state index is -0.680. The number of rotatable bonds is 5. The topological polar surface area (TPSA) is 40.5 Å². The molecule has 110 valence electrons. The Hall–Kier alpha value is -1.51. The highest BCUT2D eigenvalue weighted by Crippen LogP contribution is 2.32. The molecule has 0 amide bonds. The molecule has 1 aromatic carbocycles. The zero-order chi connectivity index (χ0) is 14.6. The Kier molecular flexibility index (Phi) is 4.69. The fourth-order valence-corrected chi connectivity index (χ4v) is 3.16. The van der Waals surface area contributed by atoms with E-state index in [-0.39, 0.29) is 0 Å². The Morgan fingerprint density at radius 3 is 2.80 bits per heavy atom. The van der Waals surface area contributed by atoms with Crippen LogP contribution in [-0.2, 0) is 11.2 Å². The van der Waals surface area contributed by atoms with E-state index in [0.29, 0.717) is 6.54 Å². The first kappa shape index (κ1) is 14.9. The van der Waals surface area contributed by atoms with Gasteiger partial charge in [0.25, 0.3) is 0 Å². The average Bonchev–Trinajstić information content (AvgIpc) is 2.62. The zero-order valence-corrected chi connectivity index (χ0v) is 12.6. The van der Waals surface area contributed by atoms with E-state index in [4.69, 9.17) is 0 Å². The molecule has 0 saturated carbocycles. The summed E-state index contributed by atoms with van der Waals surface area (Å²) in [6.45, 7) is 5.50. The number of hydrogen-bond acceptors (Lipinski definition) is 2. The minimum Gasteiger partial charge on any atom is -0.481 e. The molecular weight excluding hydrogens is 250 g/mol. The molecule has 0 fully saturated rings. The van der Waals surface area contributed by atoms with Crippen molar-refractivity contribution >= 4 is 11.7 Å². The molecule has 1 unspecified atom stereocenters. The van der Waals surface area contributed by atoms with Gasteiger partial charge in [-0.3, -0.25) is 4.79 Å². The van der Waals surface area contributed by atoms with E-state index in [1.54, 1.807) is 0 Å². The summed E-state index contributed by atoms with van der Waals surface area (Å²) < 4.78 is 0. The first-order chi connectivity index (χ1) is 9.57. The predicted octanol–water partition coefficient (Wildman–Crippen LogP) is 3.72. The quantitative estimate of drug-likeness (QED) is 0.890. The van der Waals surface area contributed by atoms with Crippen molar-refractivity contribution < 1.29 is 9.90 Å². The molecule has 0 aliphatic carbocycles. The summed E-state index contributed by atoms with van der Waals surface area (Å²) in [4.78, 5) is 13.9. The standard InChI is InChI=1S/C17H25NO2/c1-3-11-17(2,16(19)20)13-18-12-7-6-9-14-8-4-5-10-15(14)18/h4-5,8,10H,3,6-7,9,11-13H2,1-2H3,(H,19,20). The van der Waals surface area contributed by atoms with Crippen LogP contribution in [0.15, 0.2) is 24.3 Å². The van der Waals surface area contributed by atoms with Crippen molar-refractivity contribution in [2.75, 3.05) is 18.0 Å². The summed E-state index contributed by atoms with van der Waals surface area (Å²) in [6.07, 6.45) is 5.05. The molecule has 1 heterocycles. The lowest BCUT2D eigenvalue weighted by molar-refractivity contribution is -0.147. The van der Waals surface area contributed by atoms with Crippen LogP contribution >= 0.6 is 0 Å². The molecule has 0 radical (unpaired) electrons. The number of benzene rings is 1. The highest BCUT2D eigenvalue weighted by molar-refractivity contribution is 5.75. The number of aliphatic carboxylic acids is 1. The van der Waals surface area contributed by atoms with Crippen LogP contribution < -0.4 is 4.90 Å². The molecule has 3 nitrogen and oxygen atoms in total. The summed E-state index contributed by atoms with van der Waals surface area (Å²) in [6, 6.07) is 8.43. The Bertz CT molecular complexity index is 472. The smallest absolute Gasteiger partial charge is 0.311 e. The maximum Gasteiger partial charge on any atom is 0.311 e. The van der Waals surface area contributed by atoms with E-state index in [0.717, 1.165) is 32.2 Å². The monoisotopic (exact) mass is 275 g/mol. The van der Waals surface area contributed by atoms with Gasteiger partial charge in [-0.25, -0.2) is 0 Å². The number of anilines is 1. The highest BCUT2D eigenvalue weighted by Gasteiger charge is 2.35. The molecule has 3 heteroatoms. The van der Waals surface area contributed by atoms with Crippen LogP contribution in [0, 0.1) is 5.41 Å². The third-order valence-corrected chi connectivity index (χ3v) is 4.31. The van der Waals surface area contributed by atoms with E-state index in [1.807, 2.05) is 6.92 Å². The number of carbonyl (C=O) groups is 1. The number of hydrogen-bond donors (Lipinski definition) is 1. The van der Waals surface area contributed by atoms with Gasteiger partial charge in [-0.05, 0) is 44.2 Å². The summed E-state index contributed by atoms with van der Waals surface area (Å²) >= 11 is 0. The van der Waals surface area contributed by atoms with Crippen LogP contribution in [0.5, 0.6) is 0 Å². The second kappa shape index (κ2) is 6.29. The van der Waals surface area contributed by atoms with Crippen molar-refractivity contribution in [1.82, 2.24) is 0 Å². The van der Waals surface area contributed by atoms with Crippen LogP contribution in [0.4, 0.5) is 5.69 Å². The molecule has 1 aliphatic heterocycles. The van der Waals surface area contributed by atoms with Gasteiger partial charge in [0.05, 0.1) is 5.41 Å². The fraction of sp³-hybridized carbons (Fsp3) is 0.588. The number of fused-ring (bicyclic) bond motifs is 1. The van der Waals surface area contributed by atoms with Crippen molar-refractivity contribution in [2.24, 2.45) is 5.41 Å². The SMILES string of the molecule is CCCC(C)(CN1CCCCc2ccccc21)C(=O)O. The Morgan fingerprint density at radius 2 is 2.10 bits per heavy atom. The minimum absolute atomic E-state index is 0.604. The van der Waals surface area contributed by atoms with E-state index in [2.05, 4.69) is 36.1 Å². The average molecular weight is 275 g/mol. The van der Waals surface area contributed by atoms with Crippen molar-refractivity contribution in [3.05, 3.63) is 29.8 Å². The summed E-state index contributed by atoms with van der Waals surface area (Å²) in [5.41, 5.74) is 1.93. The third kappa shape index (κ3) is 3.14. The Balaban J connectivity index is 2.26. The van der Waals surface area contributed by atoms with E-state index in [1.165, 1.54) is 17.7 Å². The van der Waals surface area contributed by atoms with Crippen molar-refractivity contribution in [3.8, 4) is 0 Å². The predicted molar refractivity (Wildman–Crippen MR) is 82.2 cm³/mol. The molecule has 0 aromatic heterocycles. The zero-order valence-electron chi connectivity index (χ0n) is 12.6. The van der Waals surface area contributed by atoms with Gasteiger partial charge in [0.1, 0.15) is 0 Å². The lowest BCUT2D eigenvalue weighted by Crippen LogP contribution is -2.41. The van der Waals surface area contributed by atoms with Crippen molar-refractivity contribution in [1.29, 1.82) is 0 Å². The summed E-state index contributed by atoms with van der Waals surface area (Å²) in [5.74, 6) is -0.680. The largest absolute Gasteiger partial charge is 0.481 e. The molecule has 1 aromatic rings. The maximum absolute atomic E-state index is 11.7. The number of carboxylic acid groups (broad SMARTS) is 1. The van der Waals surface area contributed by atoms with Crippen LogP contribution in [0.2, 0.25) is 0 Å². The molecule has 1 N–H and O–H groups in total. The van der Waals surface area contributed by atoms with Gasteiger partial charge in [-0.1, -0.05) is 31.5 Å². The first-order valence-electron chi connectivity index (χ1n) is 7.63. The fourth-order valence-electron chi connectivity index (χ4n) is 3.16. The van der Waals surface area contributed by atoms with E-state index < -0.39 is 11.4 Å². The lowest BCUT2D eigenvalue weighted by Gasteiger charge is -2.34. The number of para-hydroxylation sites is 1. The molecule has 0 spiro atoms. The Labute approximate surface area is 121 Å². The molecule has 0 bridgehead atoms. The Morgan fingerprint density at radius 1 is 1.35 bits per heavy atom. The number of aryl methyl sites for hydroxylation is 1. The molecular formula is C17H25NO2. The van der Waals surface area contributed by atoms with Gasteiger partial charge in [0.15, 0.2) is 0 Å². The van der Waals surface area contributed by atoms with Crippen LogP contribution in [0.1, 0.15) is 45.1 Å². The van der Waals surface area contributed by atoms with Gasteiger partial charge in [-0.15, -0.1) is 0 Å². The molecule has 1 atom stereocenters. The van der Waals surface area contributed by atoms with E-state index in [9.17, 15) is 9.90 Å². The van der Waals surface area contributed by atoms with Gasteiger partial charge in [0, 0.05) is 18.8 Å². The van der Waals surface area contributed by atoms with Crippen LogP contribution in [0.3, 0.4) is 0 Å². The summed E-state index contributed by atoms with van der Waals surface area (Å²) in [5, 5.41) is 9.59. The van der Waals surface area contributed by atoms with Gasteiger partial charge in [-0.2, -0.15) is 0 Å². The highest BCUT2D eigenvalue weighted by atomic mass is 16.4. The lowest BCUT2D eigenvalue weighted by atomic mass is 9.85. The normalized spacial score (nSPS) is 18.0. The number of nitrogens with zero attached hydrogens (tertiary/aromatic N) is 1. The number of carboxylic acids is 1. The van der Waals surface area contributed by atoms with Gasteiger partial charge >= 0.3 is 5.97 Å². The molecule has 1 aliphatic rings. The summed E-state index contributed by atoms with van der Waals surface area (Å²) in [7, 11) is 0.